The van der Waals surface area contributed by atoms with Crippen molar-refractivity contribution in [2.75, 3.05) is 6.54 Å². The van der Waals surface area contributed by atoms with E-state index in [0.717, 1.165) is 0 Å². The van der Waals surface area contributed by atoms with Gasteiger partial charge >= 0.3 is 0 Å². The summed E-state index contributed by atoms with van der Waals surface area (Å²) in [6, 6.07) is 10.6. The summed E-state index contributed by atoms with van der Waals surface area (Å²) >= 11 is 17.4. The molecule has 0 radical (unpaired) electrons. The third-order valence-electron chi connectivity index (χ3n) is 2.99. The zero-order chi connectivity index (χ0) is 18.4. The van der Waals surface area contributed by atoms with Gasteiger partial charge in [0.2, 0.25) is 0 Å². The molecule has 0 aliphatic rings. The molecule has 0 bridgehead atoms. The van der Waals surface area contributed by atoms with Crippen LogP contribution in [0.2, 0.25) is 15.1 Å². The molecular formula is C16H12Cl3N3O3. The van der Waals surface area contributed by atoms with Gasteiger partial charge in [-0.25, -0.2) is 0 Å². The number of rotatable bonds is 4. The van der Waals surface area contributed by atoms with E-state index in [0.29, 0.717) is 10.0 Å². The highest BCUT2D eigenvalue weighted by atomic mass is 35.5. The maximum absolute atomic E-state index is 12.0. The van der Waals surface area contributed by atoms with Gasteiger partial charge < -0.3 is 5.32 Å². The molecule has 130 valence electrons. The number of carbonyl (C=O) groups excluding carboxylic acids is 3. The largest absolute Gasteiger partial charge is 0.343 e. The zero-order valence-corrected chi connectivity index (χ0v) is 14.9. The molecule has 0 saturated carbocycles. The molecule has 0 unspecified atom stereocenters. The molecule has 3 N–H and O–H groups in total. The minimum atomic E-state index is -0.617. The molecule has 0 aliphatic heterocycles. The van der Waals surface area contributed by atoms with Gasteiger partial charge in [-0.1, -0.05) is 40.9 Å². The Bertz CT molecular complexity index is 827. The van der Waals surface area contributed by atoms with Crippen LogP contribution in [0.1, 0.15) is 20.7 Å². The number of hydrogen-bond donors (Lipinski definition) is 3. The van der Waals surface area contributed by atoms with Crippen LogP contribution in [-0.4, -0.2) is 24.3 Å². The molecule has 2 rings (SSSR count). The maximum atomic E-state index is 12.0. The SMILES string of the molecule is O=C(CNC(=O)c1ccc(Cl)cc1Cl)NNC(=O)c1cccc(Cl)c1. The van der Waals surface area contributed by atoms with Crippen LogP contribution in [0, 0.1) is 0 Å². The van der Waals surface area contributed by atoms with Crippen molar-refractivity contribution in [3.8, 4) is 0 Å². The third-order valence-corrected chi connectivity index (χ3v) is 3.77. The van der Waals surface area contributed by atoms with Gasteiger partial charge in [-0.05, 0) is 36.4 Å². The van der Waals surface area contributed by atoms with Crippen LogP contribution in [0.5, 0.6) is 0 Å². The summed E-state index contributed by atoms with van der Waals surface area (Å²) in [6.45, 7) is -0.354. The fraction of sp³-hybridized carbons (Fsp3) is 0.0625. The standard InChI is InChI=1S/C16H12Cl3N3O3/c17-10-3-1-2-9(6-10)15(24)22-21-14(23)8-20-16(25)12-5-4-11(18)7-13(12)19/h1-7H,8H2,(H,20,25)(H,21,23)(H,22,24). The van der Waals surface area contributed by atoms with E-state index in [9.17, 15) is 14.4 Å². The molecule has 25 heavy (non-hydrogen) atoms. The normalized spacial score (nSPS) is 10.0. The van der Waals surface area contributed by atoms with E-state index in [2.05, 4.69) is 16.2 Å². The minimum Gasteiger partial charge on any atom is -0.343 e. The Balaban J connectivity index is 1.82. The Morgan fingerprint density at radius 3 is 2.24 bits per heavy atom. The van der Waals surface area contributed by atoms with E-state index in [1.807, 2.05) is 0 Å². The summed E-state index contributed by atoms with van der Waals surface area (Å²) in [4.78, 5) is 35.5. The minimum absolute atomic E-state index is 0.166. The van der Waals surface area contributed by atoms with Gasteiger partial charge in [-0.15, -0.1) is 0 Å². The number of hydrazine groups is 1. The van der Waals surface area contributed by atoms with Gasteiger partial charge in [0.15, 0.2) is 0 Å². The molecule has 0 fully saturated rings. The summed E-state index contributed by atoms with van der Waals surface area (Å²) in [6.07, 6.45) is 0. The highest BCUT2D eigenvalue weighted by Crippen LogP contribution is 2.20. The highest BCUT2D eigenvalue weighted by Gasteiger charge is 2.13. The van der Waals surface area contributed by atoms with Crippen LogP contribution in [-0.2, 0) is 4.79 Å². The Hall–Kier alpha value is -2.28. The number of benzene rings is 2. The average Bonchev–Trinajstić information content (AvgIpc) is 2.57. The number of hydrogen-bond acceptors (Lipinski definition) is 3. The molecule has 9 heteroatoms. The van der Waals surface area contributed by atoms with E-state index in [1.54, 1.807) is 12.1 Å². The van der Waals surface area contributed by atoms with E-state index >= 15 is 0 Å². The lowest BCUT2D eigenvalue weighted by Crippen LogP contribution is -2.46. The van der Waals surface area contributed by atoms with Gasteiger partial charge in [0.05, 0.1) is 17.1 Å². The van der Waals surface area contributed by atoms with E-state index < -0.39 is 17.7 Å². The molecule has 3 amide bonds. The molecule has 6 nitrogen and oxygen atoms in total. The first-order valence-corrected chi connectivity index (χ1v) is 8.08. The molecule has 0 aliphatic carbocycles. The van der Waals surface area contributed by atoms with Crippen LogP contribution in [0.3, 0.4) is 0 Å². The monoisotopic (exact) mass is 399 g/mol. The van der Waals surface area contributed by atoms with Crippen LogP contribution in [0.15, 0.2) is 42.5 Å². The molecule has 0 aromatic heterocycles. The van der Waals surface area contributed by atoms with Crippen molar-refractivity contribution in [3.05, 3.63) is 68.7 Å². The van der Waals surface area contributed by atoms with Crippen LogP contribution in [0.25, 0.3) is 0 Å². The fourth-order valence-corrected chi connectivity index (χ4v) is 2.49. The maximum Gasteiger partial charge on any atom is 0.269 e. The summed E-state index contributed by atoms with van der Waals surface area (Å²) in [5.41, 5.74) is 4.86. The second kappa shape index (κ2) is 8.71. The van der Waals surface area contributed by atoms with Crippen molar-refractivity contribution in [1.29, 1.82) is 0 Å². The highest BCUT2D eigenvalue weighted by molar-refractivity contribution is 6.36. The van der Waals surface area contributed by atoms with Gasteiger partial charge in [-0.2, -0.15) is 0 Å². The predicted molar refractivity (Wildman–Crippen MR) is 95.9 cm³/mol. The number of carbonyl (C=O) groups is 3. The molecule has 2 aromatic rings. The Morgan fingerprint density at radius 2 is 1.56 bits per heavy atom. The quantitative estimate of drug-likeness (QED) is 0.690. The Labute approximate surface area is 158 Å². The second-order valence-corrected chi connectivity index (χ2v) is 6.10. The van der Waals surface area contributed by atoms with E-state index in [4.69, 9.17) is 34.8 Å². The lowest BCUT2D eigenvalue weighted by Gasteiger charge is -2.09. The topological polar surface area (TPSA) is 87.3 Å². The lowest BCUT2D eigenvalue weighted by atomic mass is 10.2. The Morgan fingerprint density at radius 1 is 0.840 bits per heavy atom. The van der Waals surface area contributed by atoms with Crippen molar-refractivity contribution in [1.82, 2.24) is 16.2 Å². The van der Waals surface area contributed by atoms with Crippen molar-refractivity contribution in [2.45, 2.75) is 0 Å². The fourth-order valence-electron chi connectivity index (χ4n) is 1.80. The third kappa shape index (κ3) is 5.63. The molecule has 2 aromatic carbocycles. The predicted octanol–water partition coefficient (Wildman–Crippen LogP) is 2.84. The van der Waals surface area contributed by atoms with Crippen LogP contribution < -0.4 is 16.2 Å². The molecule has 0 saturated heterocycles. The van der Waals surface area contributed by atoms with Crippen molar-refractivity contribution in [2.24, 2.45) is 0 Å². The zero-order valence-electron chi connectivity index (χ0n) is 12.6. The number of nitrogens with one attached hydrogen (secondary N) is 3. The first-order chi connectivity index (χ1) is 11.9. The number of halogens is 3. The summed E-state index contributed by atoms with van der Waals surface area (Å²) in [5.74, 6) is -1.70. The smallest absolute Gasteiger partial charge is 0.269 e. The van der Waals surface area contributed by atoms with Gasteiger partial charge in [-0.3, -0.25) is 25.2 Å². The van der Waals surface area contributed by atoms with Crippen molar-refractivity contribution < 1.29 is 14.4 Å². The average molecular weight is 401 g/mol. The van der Waals surface area contributed by atoms with Crippen LogP contribution >= 0.6 is 34.8 Å². The van der Waals surface area contributed by atoms with Gasteiger partial charge in [0.1, 0.15) is 0 Å². The van der Waals surface area contributed by atoms with Gasteiger partial charge in [0.25, 0.3) is 17.7 Å². The molecule has 0 heterocycles. The van der Waals surface area contributed by atoms with Crippen LogP contribution in [0.4, 0.5) is 0 Å². The first kappa shape index (κ1) is 19.1. The lowest BCUT2D eigenvalue weighted by molar-refractivity contribution is -0.120. The molecular weight excluding hydrogens is 389 g/mol. The number of amides is 3. The van der Waals surface area contributed by atoms with Crippen molar-refractivity contribution >= 4 is 52.5 Å². The summed E-state index contributed by atoms with van der Waals surface area (Å²) < 4.78 is 0. The van der Waals surface area contributed by atoms with E-state index in [1.165, 1.54) is 30.3 Å². The Kier molecular flexibility index (Phi) is 6.64. The molecule has 0 atom stereocenters. The van der Waals surface area contributed by atoms with E-state index in [-0.39, 0.29) is 22.7 Å². The first-order valence-electron chi connectivity index (χ1n) is 6.95. The van der Waals surface area contributed by atoms with Gasteiger partial charge in [0, 0.05) is 15.6 Å². The summed E-state index contributed by atoms with van der Waals surface area (Å²) in [7, 11) is 0. The molecule has 0 spiro atoms. The second-order valence-electron chi connectivity index (χ2n) is 4.82. The van der Waals surface area contributed by atoms with Crippen molar-refractivity contribution in [3.63, 3.8) is 0 Å². The summed E-state index contributed by atoms with van der Waals surface area (Å²) in [5, 5.41) is 3.33.